The molecular formula is C20H27N. The Balaban J connectivity index is 1.72. The van der Waals surface area contributed by atoms with Crippen LogP contribution in [0, 0.1) is 11.8 Å². The maximum atomic E-state index is 3.58. The highest BCUT2D eigenvalue weighted by molar-refractivity contribution is 5.82. The smallest absolute Gasteiger partial charge is 0.0133 e. The molecule has 1 fully saturated rings. The van der Waals surface area contributed by atoms with E-state index in [0.717, 1.165) is 18.3 Å². The van der Waals surface area contributed by atoms with Crippen LogP contribution in [-0.4, -0.2) is 13.1 Å². The van der Waals surface area contributed by atoms with Gasteiger partial charge in [-0.15, -0.1) is 0 Å². The molecule has 1 aliphatic rings. The van der Waals surface area contributed by atoms with Crippen molar-refractivity contribution in [2.24, 2.45) is 11.8 Å². The van der Waals surface area contributed by atoms with Gasteiger partial charge in [0.2, 0.25) is 0 Å². The molecule has 1 unspecified atom stereocenters. The lowest BCUT2D eigenvalue weighted by Gasteiger charge is -2.32. The molecule has 0 saturated heterocycles. The van der Waals surface area contributed by atoms with Crippen molar-refractivity contribution in [3.05, 3.63) is 48.0 Å². The van der Waals surface area contributed by atoms with Gasteiger partial charge < -0.3 is 5.32 Å². The van der Waals surface area contributed by atoms with Gasteiger partial charge in [0.25, 0.3) is 0 Å². The number of nitrogens with one attached hydrogen (secondary N) is 1. The van der Waals surface area contributed by atoms with Gasteiger partial charge in [-0.25, -0.2) is 0 Å². The normalized spacial score (nSPS) is 24.1. The van der Waals surface area contributed by atoms with Gasteiger partial charge in [-0.2, -0.15) is 0 Å². The molecule has 0 aliphatic heterocycles. The first kappa shape index (κ1) is 14.6. The molecule has 1 aliphatic carbocycles. The molecule has 1 saturated carbocycles. The summed E-state index contributed by atoms with van der Waals surface area (Å²) in [6.45, 7) is 2.40. The van der Waals surface area contributed by atoms with E-state index in [9.17, 15) is 0 Å². The molecule has 2 aromatic rings. The maximum Gasteiger partial charge on any atom is 0.0133 e. The molecule has 0 heterocycles. The Morgan fingerprint density at radius 1 is 1.00 bits per heavy atom. The standard InChI is InChI=1S/C20H27N/c1-15-7-10-18(11-8-15)20(21-2)14-16-9-12-17-5-3-4-6-19(17)13-16/h3-6,9,12-13,15,18,20-21H,7-8,10-11,14H2,1-2H3. The summed E-state index contributed by atoms with van der Waals surface area (Å²) >= 11 is 0. The minimum atomic E-state index is 0.624. The molecule has 1 heteroatoms. The zero-order chi connectivity index (χ0) is 14.7. The van der Waals surface area contributed by atoms with Crippen molar-refractivity contribution < 1.29 is 0 Å². The van der Waals surface area contributed by atoms with Crippen LogP contribution < -0.4 is 5.32 Å². The van der Waals surface area contributed by atoms with Crippen LogP contribution in [0.2, 0.25) is 0 Å². The lowest BCUT2D eigenvalue weighted by molar-refractivity contribution is 0.235. The quantitative estimate of drug-likeness (QED) is 0.849. The van der Waals surface area contributed by atoms with Gasteiger partial charge in [0.1, 0.15) is 0 Å². The van der Waals surface area contributed by atoms with E-state index in [4.69, 9.17) is 0 Å². The molecule has 0 radical (unpaired) electrons. The van der Waals surface area contributed by atoms with Crippen LogP contribution in [0.5, 0.6) is 0 Å². The van der Waals surface area contributed by atoms with Crippen molar-refractivity contribution in [3.63, 3.8) is 0 Å². The molecule has 0 bridgehead atoms. The first-order chi connectivity index (χ1) is 10.3. The molecule has 1 atom stereocenters. The zero-order valence-corrected chi connectivity index (χ0v) is 13.3. The molecule has 0 amide bonds. The molecule has 3 rings (SSSR count). The molecule has 2 aromatic carbocycles. The van der Waals surface area contributed by atoms with E-state index < -0.39 is 0 Å². The van der Waals surface area contributed by atoms with Crippen LogP contribution in [-0.2, 0) is 6.42 Å². The summed E-state index contributed by atoms with van der Waals surface area (Å²) in [5.74, 6) is 1.78. The Bertz CT molecular complexity index is 581. The third-order valence-corrected chi connectivity index (χ3v) is 5.27. The number of benzene rings is 2. The summed E-state index contributed by atoms with van der Waals surface area (Å²) in [5, 5.41) is 6.29. The van der Waals surface area contributed by atoms with Crippen molar-refractivity contribution in [1.82, 2.24) is 5.32 Å². The summed E-state index contributed by atoms with van der Waals surface area (Å²) in [6.07, 6.45) is 6.74. The minimum Gasteiger partial charge on any atom is -0.316 e. The summed E-state index contributed by atoms with van der Waals surface area (Å²) < 4.78 is 0. The SMILES string of the molecule is CNC(Cc1ccc2ccccc2c1)C1CCC(C)CC1. The van der Waals surface area contributed by atoms with E-state index in [1.807, 2.05) is 0 Å². The van der Waals surface area contributed by atoms with E-state index >= 15 is 0 Å². The van der Waals surface area contributed by atoms with Gasteiger partial charge in [-0.05, 0) is 54.5 Å². The van der Waals surface area contributed by atoms with Crippen LogP contribution >= 0.6 is 0 Å². The molecule has 112 valence electrons. The average molecular weight is 281 g/mol. The fraction of sp³-hybridized carbons (Fsp3) is 0.500. The van der Waals surface area contributed by atoms with Crippen LogP contribution in [0.1, 0.15) is 38.2 Å². The van der Waals surface area contributed by atoms with Crippen LogP contribution in [0.4, 0.5) is 0 Å². The van der Waals surface area contributed by atoms with Crippen molar-refractivity contribution in [2.75, 3.05) is 7.05 Å². The van der Waals surface area contributed by atoms with Gasteiger partial charge >= 0.3 is 0 Å². The first-order valence-corrected chi connectivity index (χ1v) is 8.41. The topological polar surface area (TPSA) is 12.0 Å². The Morgan fingerprint density at radius 3 is 2.43 bits per heavy atom. The van der Waals surface area contributed by atoms with Gasteiger partial charge in [0.05, 0.1) is 0 Å². The fourth-order valence-electron chi connectivity index (χ4n) is 3.81. The van der Waals surface area contributed by atoms with Gasteiger partial charge in [0, 0.05) is 6.04 Å². The molecular weight excluding hydrogens is 254 g/mol. The van der Waals surface area contributed by atoms with E-state index in [0.29, 0.717) is 6.04 Å². The Morgan fingerprint density at radius 2 is 1.71 bits per heavy atom. The summed E-state index contributed by atoms with van der Waals surface area (Å²) in [6, 6.07) is 16.2. The molecule has 0 aromatic heterocycles. The zero-order valence-electron chi connectivity index (χ0n) is 13.3. The number of hydrogen-bond acceptors (Lipinski definition) is 1. The molecule has 0 spiro atoms. The van der Waals surface area contributed by atoms with Gasteiger partial charge in [-0.1, -0.05) is 62.2 Å². The minimum absolute atomic E-state index is 0.624. The average Bonchev–Trinajstić information content (AvgIpc) is 2.53. The Kier molecular flexibility index (Phi) is 4.60. The van der Waals surface area contributed by atoms with E-state index in [-0.39, 0.29) is 0 Å². The van der Waals surface area contributed by atoms with E-state index in [1.165, 1.54) is 42.0 Å². The number of fused-ring (bicyclic) bond motifs is 1. The predicted molar refractivity (Wildman–Crippen MR) is 91.6 cm³/mol. The molecule has 1 N–H and O–H groups in total. The molecule has 21 heavy (non-hydrogen) atoms. The van der Waals surface area contributed by atoms with Gasteiger partial charge in [-0.3, -0.25) is 0 Å². The first-order valence-electron chi connectivity index (χ1n) is 8.41. The fourth-order valence-corrected chi connectivity index (χ4v) is 3.81. The Labute approximate surface area is 128 Å². The third-order valence-electron chi connectivity index (χ3n) is 5.27. The summed E-state index contributed by atoms with van der Waals surface area (Å²) in [7, 11) is 2.13. The van der Waals surface area contributed by atoms with Crippen molar-refractivity contribution in [2.45, 2.75) is 45.1 Å². The maximum absolute atomic E-state index is 3.58. The van der Waals surface area contributed by atoms with Crippen molar-refractivity contribution in [3.8, 4) is 0 Å². The second-order valence-electron chi connectivity index (χ2n) is 6.80. The third kappa shape index (κ3) is 3.47. The van der Waals surface area contributed by atoms with E-state index in [1.54, 1.807) is 0 Å². The van der Waals surface area contributed by atoms with Gasteiger partial charge in [0.15, 0.2) is 0 Å². The van der Waals surface area contributed by atoms with E-state index in [2.05, 4.69) is 61.8 Å². The number of likely N-dealkylation sites (N-methyl/N-ethyl adjacent to an activating group) is 1. The lowest BCUT2D eigenvalue weighted by atomic mass is 9.77. The lowest BCUT2D eigenvalue weighted by Crippen LogP contribution is -2.37. The highest BCUT2D eigenvalue weighted by Gasteiger charge is 2.25. The van der Waals surface area contributed by atoms with Crippen molar-refractivity contribution in [1.29, 1.82) is 0 Å². The van der Waals surface area contributed by atoms with Crippen molar-refractivity contribution >= 4 is 10.8 Å². The highest BCUT2D eigenvalue weighted by atomic mass is 14.9. The largest absolute Gasteiger partial charge is 0.316 e. The second kappa shape index (κ2) is 6.62. The van der Waals surface area contributed by atoms with Crippen LogP contribution in [0.3, 0.4) is 0 Å². The monoisotopic (exact) mass is 281 g/mol. The molecule has 1 nitrogen and oxygen atoms in total. The highest BCUT2D eigenvalue weighted by Crippen LogP contribution is 2.31. The number of rotatable bonds is 4. The number of hydrogen-bond donors (Lipinski definition) is 1. The Hall–Kier alpha value is -1.34. The second-order valence-corrected chi connectivity index (χ2v) is 6.80. The summed E-state index contributed by atoms with van der Waals surface area (Å²) in [4.78, 5) is 0. The van der Waals surface area contributed by atoms with Crippen LogP contribution in [0.25, 0.3) is 10.8 Å². The predicted octanol–water partition coefficient (Wildman–Crippen LogP) is 4.80. The van der Waals surface area contributed by atoms with Crippen LogP contribution in [0.15, 0.2) is 42.5 Å². The summed E-state index contributed by atoms with van der Waals surface area (Å²) in [5.41, 5.74) is 1.46.